The molecule has 0 saturated carbocycles. The third-order valence-electron chi connectivity index (χ3n) is 3.22. The molecule has 1 saturated heterocycles. The van der Waals surface area contributed by atoms with Crippen LogP contribution in [0.5, 0.6) is 0 Å². The molecule has 0 aliphatic carbocycles. The molecule has 0 atom stereocenters. The largest absolute Gasteiger partial charge is 0.416 e. The third kappa shape index (κ3) is 5.23. The first-order chi connectivity index (χ1) is 9.86. The average molecular weight is 358 g/mol. The van der Waals surface area contributed by atoms with E-state index in [1.165, 1.54) is 0 Å². The van der Waals surface area contributed by atoms with Crippen molar-refractivity contribution in [1.29, 1.82) is 0 Å². The molecule has 0 unspecified atom stereocenters. The number of halogens is 5. The van der Waals surface area contributed by atoms with Crippen molar-refractivity contribution in [1.82, 2.24) is 10.6 Å². The number of benzene rings is 1. The number of anilines is 1. The minimum atomic E-state index is -4.48. The summed E-state index contributed by atoms with van der Waals surface area (Å²) < 4.78 is 37.9. The Morgan fingerprint density at radius 1 is 1.27 bits per heavy atom. The van der Waals surface area contributed by atoms with Crippen LogP contribution in [0.25, 0.3) is 0 Å². The van der Waals surface area contributed by atoms with Gasteiger partial charge in [-0.25, -0.2) is 4.79 Å². The summed E-state index contributed by atoms with van der Waals surface area (Å²) in [6.45, 7) is 1.60. The van der Waals surface area contributed by atoms with Gasteiger partial charge in [0.05, 0.1) is 16.3 Å². The van der Waals surface area contributed by atoms with E-state index in [9.17, 15) is 18.0 Å². The van der Waals surface area contributed by atoms with Crippen molar-refractivity contribution in [2.24, 2.45) is 0 Å². The van der Waals surface area contributed by atoms with Gasteiger partial charge in [-0.1, -0.05) is 11.6 Å². The van der Waals surface area contributed by atoms with Crippen LogP contribution in [0.15, 0.2) is 18.2 Å². The fourth-order valence-corrected chi connectivity index (χ4v) is 2.27. The molecule has 4 nitrogen and oxygen atoms in total. The summed E-state index contributed by atoms with van der Waals surface area (Å²) in [5.74, 6) is 0. The molecule has 2 rings (SSSR count). The highest BCUT2D eigenvalue weighted by molar-refractivity contribution is 6.33. The fraction of sp³-hybridized carbons (Fsp3) is 0.462. The molecule has 1 aromatic carbocycles. The predicted octanol–water partition coefficient (Wildman–Crippen LogP) is 3.65. The zero-order valence-electron chi connectivity index (χ0n) is 11.5. The molecule has 1 fully saturated rings. The zero-order valence-corrected chi connectivity index (χ0v) is 13.0. The molecule has 1 aromatic rings. The van der Waals surface area contributed by atoms with E-state index >= 15 is 0 Å². The minimum absolute atomic E-state index is 0. The van der Waals surface area contributed by atoms with E-state index in [1.807, 2.05) is 0 Å². The zero-order chi connectivity index (χ0) is 15.5. The highest BCUT2D eigenvalue weighted by atomic mass is 35.5. The van der Waals surface area contributed by atoms with E-state index in [1.54, 1.807) is 0 Å². The highest BCUT2D eigenvalue weighted by Gasteiger charge is 2.31. The van der Waals surface area contributed by atoms with Gasteiger partial charge in [0.15, 0.2) is 0 Å². The molecule has 1 aliphatic heterocycles. The van der Waals surface area contributed by atoms with Gasteiger partial charge < -0.3 is 16.0 Å². The molecule has 1 aliphatic rings. The first-order valence-electron chi connectivity index (χ1n) is 6.51. The number of amides is 2. The van der Waals surface area contributed by atoms with Gasteiger partial charge in [-0.2, -0.15) is 13.2 Å². The number of rotatable bonds is 2. The topological polar surface area (TPSA) is 53.2 Å². The van der Waals surface area contributed by atoms with Gasteiger partial charge >= 0.3 is 12.2 Å². The summed E-state index contributed by atoms with van der Waals surface area (Å²) in [4.78, 5) is 11.8. The highest BCUT2D eigenvalue weighted by Crippen LogP contribution is 2.33. The smallest absolute Gasteiger partial charge is 0.335 e. The van der Waals surface area contributed by atoms with E-state index < -0.39 is 17.8 Å². The number of carbonyl (C=O) groups is 1. The molecular weight excluding hydrogens is 342 g/mol. The number of urea groups is 1. The van der Waals surface area contributed by atoms with Crippen LogP contribution in [-0.4, -0.2) is 25.2 Å². The summed E-state index contributed by atoms with van der Waals surface area (Å²) in [7, 11) is 0. The lowest BCUT2D eigenvalue weighted by Gasteiger charge is -2.24. The van der Waals surface area contributed by atoms with Gasteiger partial charge in [0.1, 0.15) is 0 Å². The Hall–Kier alpha value is -1.18. The molecule has 1 heterocycles. The van der Waals surface area contributed by atoms with Gasteiger partial charge in [-0.15, -0.1) is 12.4 Å². The summed E-state index contributed by atoms with van der Waals surface area (Å²) in [6, 6.07) is 2.27. The summed E-state index contributed by atoms with van der Waals surface area (Å²) >= 11 is 5.81. The monoisotopic (exact) mass is 357 g/mol. The van der Waals surface area contributed by atoms with Crippen LogP contribution in [0.3, 0.4) is 0 Å². The van der Waals surface area contributed by atoms with Crippen LogP contribution in [0, 0.1) is 0 Å². The van der Waals surface area contributed by atoms with Crippen molar-refractivity contribution in [3.05, 3.63) is 28.8 Å². The number of alkyl halides is 3. The number of carbonyl (C=O) groups excluding carboxylic acids is 1. The summed E-state index contributed by atoms with van der Waals surface area (Å²) in [5, 5.41) is 8.30. The number of nitrogens with one attached hydrogen (secondary N) is 3. The second kappa shape index (κ2) is 7.89. The first-order valence-corrected chi connectivity index (χ1v) is 6.89. The number of piperidine rings is 1. The van der Waals surface area contributed by atoms with Crippen LogP contribution in [0.1, 0.15) is 18.4 Å². The van der Waals surface area contributed by atoms with E-state index in [2.05, 4.69) is 16.0 Å². The average Bonchev–Trinajstić information content (AvgIpc) is 2.41. The Kier molecular flexibility index (Phi) is 6.77. The fourth-order valence-electron chi connectivity index (χ4n) is 2.11. The molecule has 2 amide bonds. The van der Waals surface area contributed by atoms with Crippen LogP contribution >= 0.6 is 24.0 Å². The van der Waals surface area contributed by atoms with Crippen LogP contribution in [0.4, 0.5) is 23.7 Å². The summed E-state index contributed by atoms with van der Waals surface area (Å²) in [6.07, 6.45) is -2.92. The SMILES string of the molecule is Cl.O=C(Nc1cc(C(F)(F)F)ccc1Cl)NC1CCNCC1. The molecule has 22 heavy (non-hydrogen) atoms. The van der Waals surface area contributed by atoms with Gasteiger partial charge in [0, 0.05) is 6.04 Å². The maximum Gasteiger partial charge on any atom is 0.416 e. The first kappa shape index (κ1) is 18.9. The lowest BCUT2D eigenvalue weighted by atomic mass is 10.1. The van der Waals surface area contributed by atoms with E-state index in [0.717, 1.165) is 44.1 Å². The molecule has 0 aromatic heterocycles. The Labute approximate surface area is 137 Å². The van der Waals surface area contributed by atoms with Crippen molar-refractivity contribution in [3.63, 3.8) is 0 Å². The van der Waals surface area contributed by atoms with Crippen molar-refractivity contribution in [3.8, 4) is 0 Å². The minimum Gasteiger partial charge on any atom is -0.335 e. The standard InChI is InChI=1S/C13H15ClF3N3O.ClH/c14-10-2-1-8(13(15,16)17)7-11(10)20-12(21)19-9-3-5-18-6-4-9;/h1-2,7,9,18H,3-6H2,(H2,19,20,21);1H. The molecule has 3 N–H and O–H groups in total. The number of hydrogen-bond donors (Lipinski definition) is 3. The summed E-state index contributed by atoms with van der Waals surface area (Å²) in [5.41, 5.74) is -0.915. The maximum absolute atomic E-state index is 12.6. The van der Waals surface area contributed by atoms with Gasteiger partial charge in [-0.3, -0.25) is 0 Å². The third-order valence-corrected chi connectivity index (χ3v) is 3.55. The Morgan fingerprint density at radius 2 is 1.91 bits per heavy atom. The van der Waals surface area contributed by atoms with Crippen LogP contribution in [0.2, 0.25) is 5.02 Å². The van der Waals surface area contributed by atoms with Gasteiger partial charge in [0.2, 0.25) is 0 Å². The molecule has 0 bridgehead atoms. The molecule has 0 radical (unpaired) electrons. The molecule has 0 spiro atoms. The van der Waals surface area contributed by atoms with Crippen molar-refractivity contribution < 1.29 is 18.0 Å². The van der Waals surface area contributed by atoms with Crippen molar-refractivity contribution >= 4 is 35.7 Å². The van der Waals surface area contributed by atoms with Crippen molar-refractivity contribution in [2.45, 2.75) is 25.1 Å². The van der Waals surface area contributed by atoms with Gasteiger partial charge in [-0.05, 0) is 44.1 Å². The molecule has 124 valence electrons. The van der Waals surface area contributed by atoms with Crippen LogP contribution in [-0.2, 0) is 6.18 Å². The Balaban J connectivity index is 0.00000242. The normalized spacial score (nSPS) is 15.8. The second-order valence-corrected chi connectivity index (χ2v) is 5.22. The number of hydrogen-bond acceptors (Lipinski definition) is 2. The Bertz CT molecular complexity index is 520. The predicted molar refractivity (Wildman–Crippen MR) is 81.7 cm³/mol. The van der Waals surface area contributed by atoms with Gasteiger partial charge in [0.25, 0.3) is 0 Å². The van der Waals surface area contributed by atoms with E-state index in [-0.39, 0.29) is 29.2 Å². The lowest BCUT2D eigenvalue weighted by molar-refractivity contribution is -0.137. The Morgan fingerprint density at radius 3 is 2.50 bits per heavy atom. The second-order valence-electron chi connectivity index (χ2n) is 4.82. The molecule has 9 heteroatoms. The van der Waals surface area contributed by atoms with E-state index in [0.29, 0.717) is 0 Å². The quantitative estimate of drug-likeness (QED) is 0.756. The molecular formula is C13H16Cl2F3N3O. The lowest BCUT2D eigenvalue weighted by Crippen LogP contribution is -2.44. The maximum atomic E-state index is 12.6. The van der Waals surface area contributed by atoms with E-state index in [4.69, 9.17) is 11.6 Å². The van der Waals surface area contributed by atoms with Crippen LogP contribution < -0.4 is 16.0 Å². The van der Waals surface area contributed by atoms with Crippen molar-refractivity contribution in [2.75, 3.05) is 18.4 Å².